The highest BCUT2D eigenvalue weighted by Crippen LogP contribution is 2.65. The number of amides is 1. The molecule has 4 heteroatoms. The number of ether oxygens (including phenoxy) is 1. The van der Waals surface area contributed by atoms with E-state index in [9.17, 15) is 4.79 Å². The molecule has 5 atom stereocenters. The zero-order chi connectivity index (χ0) is 14.5. The summed E-state index contributed by atoms with van der Waals surface area (Å²) in [6.07, 6.45) is 5.17. The van der Waals surface area contributed by atoms with Gasteiger partial charge >= 0.3 is 0 Å². The summed E-state index contributed by atoms with van der Waals surface area (Å²) in [5, 5.41) is 3.29. The molecule has 1 heterocycles. The van der Waals surface area contributed by atoms with Crippen molar-refractivity contribution in [2.45, 2.75) is 71.1 Å². The van der Waals surface area contributed by atoms with Crippen LogP contribution in [0, 0.1) is 16.7 Å². The number of fused-ring (bicyclic) bond motifs is 2. The Morgan fingerprint density at radius 2 is 2.05 bits per heavy atom. The van der Waals surface area contributed by atoms with Crippen molar-refractivity contribution in [1.82, 2.24) is 5.32 Å². The molecular formula is C16H28N2O2. The van der Waals surface area contributed by atoms with Crippen LogP contribution >= 0.6 is 0 Å². The maximum atomic E-state index is 12.4. The fourth-order valence-electron chi connectivity index (χ4n) is 4.76. The van der Waals surface area contributed by atoms with E-state index in [1.807, 2.05) is 0 Å². The fraction of sp³-hybridized carbons (Fsp3) is 0.938. The van der Waals surface area contributed by atoms with Crippen LogP contribution in [0.3, 0.4) is 0 Å². The number of hydrogen-bond donors (Lipinski definition) is 2. The Kier molecular flexibility index (Phi) is 3.37. The number of carbonyl (C=O) groups is 1. The van der Waals surface area contributed by atoms with Crippen LogP contribution in [0.15, 0.2) is 0 Å². The summed E-state index contributed by atoms with van der Waals surface area (Å²) in [7, 11) is 0. The van der Waals surface area contributed by atoms with Crippen LogP contribution in [0.25, 0.3) is 0 Å². The lowest BCUT2D eigenvalue weighted by atomic mass is 9.69. The average molecular weight is 280 g/mol. The van der Waals surface area contributed by atoms with Crippen molar-refractivity contribution in [3.8, 4) is 0 Å². The molecule has 4 nitrogen and oxygen atoms in total. The van der Waals surface area contributed by atoms with Gasteiger partial charge in [-0.3, -0.25) is 4.79 Å². The molecular weight excluding hydrogens is 252 g/mol. The minimum atomic E-state index is -0.283. The van der Waals surface area contributed by atoms with Crippen LogP contribution < -0.4 is 11.1 Å². The first kappa shape index (κ1) is 14.3. The van der Waals surface area contributed by atoms with Gasteiger partial charge in [0.2, 0.25) is 5.91 Å². The molecule has 2 bridgehead atoms. The number of rotatable bonds is 3. The normalized spacial score (nSPS) is 45.8. The first-order chi connectivity index (χ1) is 9.38. The van der Waals surface area contributed by atoms with Gasteiger partial charge in [0.15, 0.2) is 0 Å². The standard InChI is InChI=1S/C16H28N2O2/c1-15(2)10-6-7-16(15,3)13(8-10)18-14(19)12-5-4-11(9-17)20-12/h10-13H,4-9,17H2,1-3H3,(H,18,19)/t10?,11-,12+,13?,16?/m1/s1. The van der Waals surface area contributed by atoms with E-state index >= 15 is 0 Å². The van der Waals surface area contributed by atoms with Crippen molar-refractivity contribution in [3.63, 3.8) is 0 Å². The summed E-state index contributed by atoms with van der Waals surface area (Å²) < 4.78 is 5.71. The molecule has 1 amide bonds. The Morgan fingerprint density at radius 1 is 1.30 bits per heavy atom. The van der Waals surface area contributed by atoms with E-state index in [1.165, 1.54) is 12.8 Å². The van der Waals surface area contributed by atoms with Gasteiger partial charge in [-0.1, -0.05) is 20.8 Å². The van der Waals surface area contributed by atoms with Gasteiger partial charge in [0.1, 0.15) is 6.10 Å². The highest BCUT2D eigenvalue weighted by molar-refractivity contribution is 5.81. The van der Waals surface area contributed by atoms with Gasteiger partial charge in [0, 0.05) is 12.6 Å². The number of nitrogens with one attached hydrogen (secondary N) is 1. The second-order valence-corrected chi connectivity index (χ2v) is 7.73. The Hall–Kier alpha value is -0.610. The maximum absolute atomic E-state index is 12.4. The third-order valence-electron chi connectivity index (χ3n) is 6.77. The lowest BCUT2D eigenvalue weighted by Crippen LogP contribution is -2.49. The van der Waals surface area contributed by atoms with Gasteiger partial charge in [-0.05, 0) is 48.9 Å². The molecule has 0 aromatic rings. The Labute approximate surface area is 121 Å². The molecule has 3 aliphatic rings. The van der Waals surface area contributed by atoms with E-state index in [4.69, 9.17) is 10.5 Å². The first-order valence-electron chi connectivity index (χ1n) is 8.04. The summed E-state index contributed by atoms with van der Waals surface area (Å²) in [6.45, 7) is 7.60. The summed E-state index contributed by atoms with van der Waals surface area (Å²) >= 11 is 0. The van der Waals surface area contributed by atoms with Gasteiger partial charge < -0.3 is 15.8 Å². The molecule has 20 heavy (non-hydrogen) atoms. The van der Waals surface area contributed by atoms with Crippen molar-refractivity contribution in [2.24, 2.45) is 22.5 Å². The lowest BCUT2D eigenvalue weighted by molar-refractivity contribution is -0.133. The number of carbonyl (C=O) groups excluding carboxylic acids is 1. The van der Waals surface area contributed by atoms with Crippen LogP contribution in [-0.2, 0) is 9.53 Å². The predicted octanol–water partition coefficient (Wildman–Crippen LogP) is 1.82. The summed E-state index contributed by atoms with van der Waals surface area (Å²) in [6, 6.07) is 0.310. The molecule has 0 aromatic carbocycles. The van der Waals surface area contributed by atoms with E-state index in [1.54, 1.807) is 0 Å². The minimum Gasteiger partial charge on any atom is -0.364 e. The lowest BCUT2D eigenvalue weighted by Gasteiger charge is -2.39. The fourth-order valence-corrected chi connectivity index (χ4v) is 4.76. The predicted molar refractivity (Wildman–Crippen MR) is 78.1 cm³/mol. The molecule has 0 radical (unpaired) electrons. The second-order valence-electron chi connectivity index (χ2n) is 7.73. The van der Waals surface area contributed by atoms with Gasteiger partial charge in [-0.2, -0.15) is 0 Å². The molecule has 1 saturated heterocycles. The first-order valence-corrected chi connectivity index (χ1v) is 8.04. The number of hydrogen-bond acceptors (Lipinski definition) is 3. The third-order valence-corrected chi connectivity index (χ3v) is 6.77. The summed E-state index contributed by atoms with van der Waals surface area (Å²) in [5.41, 5.74) is 6.18. The highest BCUT2D eigenvalue weighted by Gasteiger charge is 2.61. The van der Waals surface area contributed by atoms with E-state index in [-0.39, 0.29) is 23.5 Å². The Bertz CT molecular complexity index is 409. The monoisotopic (exact) mass is 280 g/mol. The average Bonchev–Trinajstić information content (AvgIpc) is 3.01. The second kappa shape index (κ2) is 4.70. The van der Waals surface area contributed by atoms with Crippen LogP contribution in [0.5, 0.6) is 0 Å². The van der Waals surface area contributed by atoms with Crippen LogP contribution in [0.4, 0.5) is 0 Å². The van der Waals surface area contributed by atoms with Gasteiger partial charge in [-0.25, -0.2) is 0 Å². The van der Waals surface area contributed by atoms with Gasteiger partial charge in [0.25, 0.3) is 0 Å². The topological polar surface area (TPSA) is 64.4 Å². The molecule has 0 aromatic heterocycles. The van der Waals surface area contributed by atoms with Crippen LogP contribution in [0.2, 0.25) is 0 Å². The molecule has 2 aliphatic carbocycles. The SMILES string of the molecule is CC1(C)C2CCC1(C)C(NC(=O)[C@@H]1CC[C@H](CN)O1)C2. The van der Waals surface area contributed by atoms with Crippen LogP contribution in [0.1, 0.15) is 52.9 Å². The van der Waals surface area contributed by atoms with E-state index in [0.717, 1.165) is 25.2 Å². The number of nitrogens with two attached hydrogens (primary N) is 1. The van der Waals surface area contributed by atoms with Crippen LogP contribution in [-0.4, -0.2) is 30.7 Å². The largest absolute Gasteiger partial charge is 0.364 e. The molecule has 114 valence electrons. The molecule has 3 N–H and O–H groups in total. The van der Waals surface area contributed by atoms with Crippen molar-refractivity contribution < 1.29 is 9.53 Å². The Morgan fingerprint density at radius 3 is 2.55 bits per heavy atom. The third kappa shape index (κ3) is 1.92. The van der Waals surface area contributed by atoms with E-state index in [0.29, 0.717) is 18.0 Å². The Balaban J connectivity index is 1.64. The van der Waals surface area contributed by atoms with E-state index in [2.05, 4.69) is 26.1 Å². The van der Waals surface area contributed by atoms with Gasteiger partial charge in [-0.15, -0.1) is 0 Å². The quantitative estimate of drug-likeness (QED) is 0.829. The molecule has 3 fully saturated rings. The minimum absolute atomic E-state index is 0.0674. The van der Waals surface area contributed by atoms with Crippen molar-refractivity contribution in [2.75, 3.05) is 6.54 Å². The van der Waals surface area contributed by atoms with Crippen molar-refractivity contribution in [3.05, 3.63) is 0 Å². The zero-order valence-electron chi connectivity index (χ0n) is 12.9. The highest BCUT2D eigenvalue weighted by atomic mass is 16.5. The van der Waals surface area contributed by atoms with Crippen molar-refractivity contribution >= 4 is 5.91 Å². The maximum Gasteiger partial charge on any atom is 0.249 e. The summed E-state index contributed by atoms with van der Waals surface area (Å²) in [4.78, 5) is 12.4. The smallest absolute Gasteiger partial charge is 0.249 e. The zero-order valence-corrected chi connectivity index (χ0v) is 12.9. The van der Waals surface area contributed by atoms with Gasteiger partial charge in [0.05, 0.1) is 6.10 Å². The van der Waals surface area contributed by atoms with E-state index < -0.39 is 0 Å². The summed E-state index contributed by atoms with van der Waals surface area (Å²) in [5.74, 6) is 0.828. The molecule has 1 aliphatic heterocycles. The molecule has 3 rings (SSSR count). The molecule has 2 saturated carbocycles. The molecule has 0 spiro atoms. The molecule has 3 unspecified atom stereocenters. The van der Waals surface area contributed by atoms with Crippen molar-refractivity contribution in [1.29, 1.82) is 0 Å².